The highest BCUT2D eigenvalue weighted by molar-refractivity contribution is 5.77. The predicted octanol–water partition coefficient (Wildman–Crippen LogP) is 0.793. The maximum atomic E-state index is 11.8. The second kappa shape index (κ2) is 5.72. The van der Waals surface area contributed by atoms with Crippen molar-refractivity contribution >= 4 is 5.91 Å². The van der Waals surface area contributed by atoms with E-state index >= 15 is 0 Å². The summed E-state index contributed by atoms with van der Waals surface area (Å²) in [5.41, 5.74) is 0.883. The first-order valence-electron chi connectivity index (χ1n) is 5.03. The first-order chi connectivity index (χ1) is 7.88. The largest absolute Gasteiger partial charge is 0.401 e. The Morgan fingerprint density at radius 2 is 2.18 bits per heavy atom. The van der Waals surface area contributed by atoms with E-state index in [0.717, 1.165) is 5.69 Å². The summed E-state index contributed by atoms with van der Waals surface area (Å²) in [7, 11) is 1.82. The van der Waals surface area contributed by atoms with Gasteiger partial charge in [-0.1, -0.05) is 0 Å². The molecule has 1 aromatic heterocycles. The van der Waals surface area contributed by atoms with Gasteiger partial charge in [0.25, 0.3) is 0 Å². The lowest BCUT2D eigenvalue weighted by Crippen LogP contribution is -2.38. The molecule has 2 N–H and O–H groups in total. The van der Waals surface area contributed by atoms with Crippen molar-refractivity contribution in [2.45, 2.75) is 12.7 Å². The maximum absolute atomic E-state index is 11.8. The molecule has 0 aliphatic carbocycles. The van der Waals surface area contributed by atoms with E-state index in [1.807, 2.05) is 35.3 Å². The van der Waals surface area contributed by atoms with E-state index in [2.05, 4.69) is 5.32 Å². The Labute approximate surface area is 96.8 Å². The topological polar surface area (TPSA) is 46.1 Å². The van der Waals surface area contributed by atoms with Gasteiger partial charge in [0.05, 0.1) is 19.6 Å². The average Bonchev–Trinajstić information content (AvgIpc) is 2.59. The van der Waals surface area contributed by atoms with Crippen LogP contribution in [0.2, 0.25) is 0 Å². The Kier molecular flexibility index (Phi) is 4.56. The molecule has 0 saturated carbocycles. The van der Waals surface area contributed by atoms with Gasteiger partial charge in [-0.2, -0.15) is 13.2 Å². The van der Waals surface area contributed by atoms with Gasteiger partial charge in [0.1, 0.15) is 0 Å². The van der Waals surface area contributed by atoms with Crippen molar-refractivity contribution in [2.24, 2.45) is 7.05 Å². The molecular formula is C10H14F3N3O. The van der Waals surface area contributed by atoms with E-state index in [-0.39, 0.29) is 6.54 Å². The number of aromatic nitrogens is 1. The highest BCUT2D eigenvalue weighted by Crippen LogP contribution is 2.11. The molecule has 0 spiro atoms. The third kappa shape index (κ3) is 5.39. The minimum Gasteiger partial charge on any atom is -0.353 e. The molecule has 1 rings (SSSR count). The summed E-state index contributed by atoms with van der Waals surface area (Å²) in [6, 6.07) is 3.65. The van der Waals surface area contributed by atoms with Crippen LogP contribution in [0.3, 0.4) is 0 Å². The summed E-state index contributed by atoms with van der Waals surface area (Å²) in [6.07, 6.45) is -2.47. The second-order valence-corrected chi connectivity index (χ2v) is 3.61. The van der Waals surface area contributed by atoms with E-state index < -0.39 is 18.6 Å². The molecule has 0 aromatic carbocycles. The van der Waals surface area contributed by atoms with Crippen molar-refractivity contribution in [1.82, 2.24) is 15.2 Å². The maximum Gasteiger partial charge on any atom is 0.401 e. The number of alkyl halides is 3. The van der Waals surface area contributed by atoms with Crippen LogP contribution >= 0.6 is 0 Å². The number of nitrogens with zero attached hydrogens (tertiary/aromatic N) is 1. The molecule has 96 valence electrons. The van der Waals surface area contributed by atoms with Crippen molar-refractivity contribution < 1.29 is 18.0 Å². The molecule has 7 heteroatoms. The van der Waals surface area contributed by atoms with Gasteiger partial charge in [0, 0.05) is 18.9 Å². The van der Waals surface area contributed by atoms with Crippen LogP contribution < -0.4 is 10.6 Å². The highest BCUT2D eigenvalue weighted by Gasteiger charge is 2.26. The van der Waals surface area contributed by atoms with Crippen LogP contribution in [0, 0.1) is 0 Å². The predicted molar refractivity (Wildman–Crippen MR) is 56.2 cm³/mol. The van der Waals surface area contributed by atoms with Gasteiger partial charge in [-0.15, -0.1) is 0 Å². The normalized spacial score (nSPS) is 11.5. The Bertz CT molecular complexity index is 373. The summed E-state index contributed by atoms with van der Waals surface area (Å²) in [5.74, 6) is -0.463. The second-order valence-electron chi connectivity index (χ2n) is 3.61. The van der Waals surface area contributed by atoms with Gasteiger partial charge in [-0.05, 0) is 12.1 Å². The fourth-order valence-electron chi connectivity index (χ4n) is 1.25. The standard InChI is InChI=1S/C10H14F3N3O/c1-16-4-2-3-8(16)5-15-9(17)6-14-7-10(11,12)13/h2-4,14H,5-7H2,1H3,(H,15,17). The van der Waals surface area contributed by atoms with Crippen LogP contribution in [0.25, 0.3) is 0 Å². The number of carbonyl (C=O) groups excluding carboxylic acids is 1. The van der Waals surface area contributed by atoms with Crippen molar-refractivity contribution in [3.8, 4) is 0 Å². The molecule has 0 radical (unpaired) electrons. The quantitative estimate of drug-likeness (QED) is 0.810. The minimum absolute atomic E-state index is 0.302. The molecule has 1 aromatic rings. The zero-order valence-corrected chi connectivity index (χ0v) is 9.34. The monoisotopic (exact) mass is 249 g/mol. The summed E-state index contributed by atoms with van der Waals surface area (Å²) < 4.78 is 37.1. The van der Waals surface area contributed by atoms with Gasteiger partial charge < -0.3 is 15.2 Å². The number of halogens is 3. The van der Waals surface area contributed by atoms with Crippen LogP contribution in [0.5, 0.6) is 0 Å². The fraction of sp³-hybridized carbons (Fsp3) is 0.500. The van der Waals surface area contributed by atoms with Gasteiger partial charge in [0.2, 0.25) is 5.91 Å². The average molecular weight is 249 g/mol. The van der Waals surface area contributed by atoms with Crippen LogP contribution in [-0.2, 0) is 18.4 Å². The number of carbonyl (C=O) groups is 1. The highest BCUT2D eigenvalue weighted by atomic mass is 19.4. The molecule has 17 heavy (non-hydrogen) atoms. The number of hydrogen-bond acceptors (Lipinski definition) is 2. The smallest absolute Gasteiger partial charge is 0.353 e. The molecule has 1 amide bonds. The van der Waals surface area contributed by atoms with Gasteiger partial charge in [-0.25, -0.2) is 0 Å². The van der Waals surface area contributed by atoms with E-state index in [1.165, 1.54) is 0 Å². The van der Waals surface area contributed by atoms with E-state index in [9.17, 15) is 18.0 Å². The van der Waals surface area contributed by atoms with Crippen LogP contribution in [0.4, 0.5) is 13.2 Å². The van der Waals surface area contributed by atoms with Gasteiger partial charge in [-0.3, -0.25) is 4.79 Å². The van der Waals surface area contributed by atoms with Crippen molar-refractivity contribution in [3.05, 3.63) is 24.0 Å². The van der Waals surface area contributed by atoms with Gasteiger partial charge >= 0.3 is 6.18 Å². The third-order valence-electron chi connectivity index (χ3n) is 2.13. The number of hydrogen-bond donors (Lipinski definition) is 2. The molecule has 1 heterocycles. The SMILES string of the molecule is Cn1cccc1CNC(=O)CNCC(F)(F)F. The molecule has 0 unspecified atom stereocenters. The summed E-state index contributed by atoms with van der Waals surface area (Å²) >= 11 is 0. The Morgan fingerprint density at radius 3 is 2.71 bits per heavy atom. The minimum atomic E-state index is -4.29. The molecule has 4 nitrogen and oxygen atoms in total. The zero-order chi connectivity index (χ0) is 12.9. The summed E-state index contributed by atoms with van der Waals surface area (Å²) in [4.78, 5) is 11.2. The fourth-order valence-corrected chi connectivity index (χ4v) is 1.25. The molecule has 0 saturated heterocycles. The van der Waals surface area contributed by atoms with E-state index in [1.54, 1.807) is 0 Å². The Hall–Kier alpha value is -1.50. The number of aryl methyl sites for hydroxylation is 1. The first-order valence-corrected chi connectivity index (χ1v) is 5.03. The van der Waals surface area contributed by atoms with E-state index in [0.29, 0.717) is 6.54 Å². The van der Waals surface area contributed by atoms with Crippen LogP contribution in [0.1, 0.15) is 5.69 Å². The third-order valence-corrected chi connectivity index (χ3v) is 2.13. The molecule has 0 aliphatic rings. The lowest BCUT2D eigenvalue weighted by molar-refractivity contribution is -0.128. The lowest BCUT2D eigenvalue weighted by Gasteiger charge is -2.09. The summed E-state index contributed by atoms with van der Waals surface area (Å²) in [6.45, 7) is -1.20. The first kappa shape index (κ1) is 13.6. The Morgan fingerprint density at radius 1 is 1.47 bits per heavy atom. The number of rotatable bonds is 5. The van der Waals surface area contributed by atoms with Gasteiger partial charge in [0.15, 0.2) is 0 Å². The lowest BCUT2D eigenvalue weighted by atomic mass is 10.4. The molecular weight excluding hydrogens is 235 g/mol. The van der Waals surface area contributed by atoms with Crippen molar-refractivity contribution in [2.75, 3.05) is 13.1 Å². The summed E-state index contributed by atoms with van der Waals surface area (Å²) in [5, 5.41) is 4.55. The zero-order valence-electron chi connectivity index (χ0n) is 9.34. The number of amides is 1. The number of nitrogens with one attached hydrogen (secondary N) is 2. The Balaban J connectivity index is 2.20. The van der Waals surface area contributed by atoms with Crippen LogP contribution in [0.15, 0.2) is 18.3 Å². The molecule has 0 fully saturated rings. The molecule has 0 aliphatic heterocycles. The van der Waals surface area contributed by atoms with Crippen molar-refractivity contribution in [1.29, 1.82) is 0 Å². The molecule has 0 bridgehead atoms. The van der Waals surface area contributed by atoms with Crippen molar-refractivity contribution in [3.63, 3.8) is 0 Å². The van der Waals surface area contributed by atoms with Crippen LogP contribution in [-0.4, -0.2) is 29.7 Å². The van der Waals surface area contributed by atoms with E-state index in [4.69, 9.17) is 0 Å². The molecule has 0 atom stereocenters.